The molecule has 4 aliphatic rings. The van der Waals surface area contributed by atoms with Gasteiger partial charge in [-0.3, -0.25) is 4.99 Å². The Balaban J connectivity index is 0.00000205. The van der Waals surface area contributed by atoms with E-state index in [1.54, 1.807) is 0 Å². The minimum Gasteiger partial charge on any atom is -0.678 e. The van der Waals surface area contributed by atoms with E-state index in [9.17, 15) is 0 Å². The molecule has 5 rings (SSSR count). The Morgan fingerprint density at radius 3 is 2.69 bits per heavy atom. The molecule has 5 heterocycles. The van der Waals surface area contributed by atoms with E-state index in [0.29, 0.717) is 0 Å². The van der Waals surface area contributed by atoms with Crippen LogP contribution in [0.4, 0.5) is 0 Å². The van der Waals surface area contributed by atoms with Crippen LogP contribution in [0.3, 0.4) is 0 Å². The van der Waals surface area contributed by atoms with Crippen molar-refractivity contribution in [2.45, 2.75) is 46.6 Å². The Morgan fingerprint density at radius 1 is 1.03 bits per heavy atom. The van der Waals surface area contributed by atoms with E-state index >= 15 is 0 Å². The molecule has 8 bridgehead atoms. The van der Waals surface area contributed by atoms with Crippen LogP contribution in [0.5, 0.6) is 0 Å². The van der Waals surface area contributed by atoms with Crippen LogP contribution in [-0.2, 0) is 19.5 Å². The molecule has 0 fully saturated rings. The molecule has 142 valence electrons. The Kier molecular flexibility index (Phi) is 4.98. The molecule has 0 N–H and O–H groups in total. The Hall–Kier alpha value is -2.26. The van der Waals surface area contributed by atoms with Gasteiger partial charge >= 0.3 is 19.5 Å². The summed E-state index contributed by atoms with van der Waals surface area (Å²) < 4.78 is 0. The first kappa shape index (κ1) is 20.0. The molecule has 5 heteroatoms. The van der Waals surface area contributed by atoms with Gasteiger partial charge in [-0.1, -0.05) is 50.3 Å². The van der Waals surface area contributed by atoms with Crippen LogP contribution in [0.2, 0.25) is 0 Å². The molecule has 0 saturated heterocycles. The minimum absolute atomic E-state index is 0. The summed E-state index contributed by atoms with van der Waals surface area (Å²) in [5.41, 5.74) is 9.50. The third-order valence-electron chi connectivity index (χ3n) is 5.97. The van der Waals surface area contributed by atoms with Gasteiger partial charge in [-0.25, -0.2) is 4.99 Å². The molecule has 0 saturated carbocycles. The molecular formula is C24H24N4Zn. The van der Waals surface area contributed by atoms with Crippen molar-refractivity contribution in [1.82, 2.24) is 4.98 Å². The summed E-state index contributed by atoms with van der Waals surface area (Å²) in [6, 6.07) is 4.31. The van der Waals surface area contributed by atoms with Gasteiger partial charge in [-0.15, -0.1) is 17.1 Å². The fraction of sp³-hybridized carbons (Fsp3) is 0.333. The fourth-order valence-corrected chi connectivity index (χ4v) is 4.20. The van der Waals surface area contributed by atoms with Gasteiger partial charge in [0.25, 0.3) is 0 Å². The van der Waals surface area contributed by atoms with E-state index in [1.165, 1.54) is 5.71 Å². The topological polar surface area (TPSA) is 52.9 Å². The van der Waals surface area contributed by atoms with E-state index < -0.39 is 0 Å². The number of fused-ring (bicyclic) bond motifs is 6. The zero-order valence-corrected chi connectivity index (χ0v) is 20.5. The predicted molar refractivity (Wildman–Crippen MR) is 116 cm³/mol. The molecule has 0 spiro atoms. The summed E-state index contributed by atoms with van der Waals surface area (Å²) in [6.45, 7) is 8.71. The number of allylic oxidation sites excluding steroid dienone is 6. The molecule has 29 heavy (non-hydrogen) atoms. The summed E-state index contributed by atoms with van der Waals surface area (Å²) in [5, 5.41) is 4.94. The third kappa shape index (κ3) is 3.57. The zero-order valence-electron chi connectivity index (χ0n) is 17.5. The predicted octanol–water partition coefficient (Wildman–Crippen LogP) is 5.58. The van der Waals surface area contributed by atoms with Gasteiger partial charge < -0.3 is 10.3 Å². The number of rotatable bonds is 0. The average Bonchev–Trinajstić information content (AvgIpc) is 3.41. The summed E-state index contributed by atoms with van der Waals surface area (Å²) in [6.07, 6.45) is 12.5. The monoisotopic (exact) mass is 432 g/mol. The first-order valence-electron chi connectivity index (χ1n) is 9.90. The van der Waals surface area contributed by atoms with Crippen molar-refractivity contribution in [3.8, 4) is 0 Å². The summed E-state index contributed by atoms with van der Waals surface area (Å²) in [5.74, 6) is 0. The second-order valence-electron chi connectivity index (χ2n) is 8.63. The molecule has 1 aromatic heterocycles. The van der Waals surface area contributed by atoms with Gasteiger partial charge in [-0.2, -0.15) is 0 Å². The smallest absolute Gasteiger partial charge is 0.678 e. The molecule has 0 amide bonds. The molecule has 0 aromatic carbocycles. The second-order valence-corrected chi connectivity index (χ2v) is 8.63. The van der Waals surface area contributed by atoms with Gasteiger partial charge in [0.2, 0.25) is 0 Å². The van der Waals surface area contributed by atoms with E-state index in [4.69, 9.17) is 20.3 Å². The van der Waals surface area contributed by atoms with E-state index in [-0.39, 0.29) is 30.9 Å². The number of aromatic nitrogens is 1. The molecule has 1 aromatic rings. The van der Waals surface area contributed by atoms with Crippen LogP contribution in [-0.4, -0.2) is 17.5 Å². The van der Waals surface area contributed by atoms with E-state index in [1.807, 2.05) is 0 Å². The van der Waals surface area contributed by atoms with Crippen molar-refractivity contribution < 1.29 is 19.5 Å². The van der Waals surface area contributed by atoms with Gasteiger partial charge in [-0.05, 0) is 50.0 Å². The molecule has 4 aliphatic heterocycles. The molecular weight excluding hydrogens is 410 g/mol. The van der Waals surface area contributed by atoms with Crippen LogP contribution in [0.15, 0.2) is 69.1 Å². The van der Waals surface area contributed by atoms with E-state index in [2.05, 4.69) is 70.2 Å². The Morgan fingerprint density at radius 2 is 1.86 bits per heavy atom. The number of nitrogens with zero attached hydrogens (tertiary/aromatic N) is 4. The van der Waals surface area contributed by atoms with Gasteiger partial charge in [0.15, 0.2) is 0 Å². The zero-order chi connectivity index (χ0) is 19.5. The van der Waals surface area contributed by atoms with Gasteiger partial charge in [0.1, 0.15) is 0 Å². The van der Waals surface area contributed by atoms with Crippen molar-refractivity contribution in [2.24, 2.45) is 15.4 Å². The van der Waals surface area contributed by atoms with Crippen LogP contribution < -0.4 is 4.98 Å². The third-order valence-corrected chi connectivity index (χ3v) is 5.97. The van der Waals surface area contributed by atoms with Gasteiger partial charge in [0.05, 0.1) is 11.4 Å². The van der Waals surface area contributed by atoms with Crippen molar-refractivity contribution in [3.63, 3.8) is 0 Å². The largest absolute Gasteiger partial charge is 2.00 e. The Labute approximate surface area is 185 Å². The number of hydrogen-bond donors (Lipinski definition) is 0. The second kappa shape index (κ2) is 7.21. The van der Waals surface area contributed by atoms with Gasteiger partial charge in [0, 0.05) is 16.8 Å². The fourth-order valence-electron chi connectivity index (χ4n) is 4.20. The maximum atomic E-state index is 4.98. The van der Waals surface area contributed by atoms with Crippen molar-refractivity contribution in [3.05, 3.63) is 75.8 Å². The maximum Gasteiger partial charge on any atom is 2.00 e. The quantitative estimate of drug-likeness (QED) is 0.492. The van der Waals surface area contributed by atoms with Crippen molar-refractivity contribution >= 4 is 23.1 Å². The SMILES string of the molecule is CC1=C2C=CC(CC3=NC(=Cc4ccc([n-]4)C(C)=C4C=CC1=N4)C(C)(C)C3)[N-]2.[Zn+2]. The summed E-state index contributed by atoms with van der Waals surface area (Å²) >= 11 is 0. The normalized spacial score (nSPS) is 24.3. The molecule has 1 unspecified atom stereocenters. The van der Waals surface area contributed by atoms with Crippen molar-refractivity contribution in [2.75, 3.05) is 0 Å². The maximum absolute atomic E-state index is 4.98. The van der Waals surface area contributed by atoms with Crippen molar-refractivity contribution in [1.29, 1.82) is 0 Å². The average molecular weight is 434 g/mol. The number of aliphatic imine (C=N–C) groups is 2. The molecule has 1 atom stereocenters. The summed E-state index contributed by atoms with van der Waals surface area (Å²) in [4.78, 5) is 14.7. The first-order valence-corrected chi connectivity index (χ1v) is 9.90. The molecule has 4 nitrogen and oxygen atoms in total. The van der Waals surface area contributed by atoms with E-state index in [0.717, 1.165) is 58.2 Å². The minimum atomic E-state index is 0. The first-order chi connectivity index (χ1) is 13.4. The van der Waals surface area contributed by atoms with Crippen LogP contribution >= 0.6 is 0 Å². The number of hydrogen-bond acceptors (Lipinski definition) is 2. The molecule has 0 aliphatic carbocycles. The van der Waals surface area contributed by atoms with Crippen LogP contribution in [0.25, 0.3) is 17.0 Å². The Bertz CT molecular complexity index is 1090. The van der Waals surface area contributed by atoms with Crippen LogP contribution in [0.1, 0.15) is 51.9 Å². The van der Waals surface area contributed by atoms with Crippen LogP contribution in [0, 0.1) is 5.41 Å². The summed E-state index contributed by atoms with van der Waals surface area (Å²) in [7, 11) is 0. The standard InChI is InChI=1S/C24H24N4.Zn/c1-14-19-7-5-16(25-19)11-18-13-24(3,4)23(27-18)12-17-6-8-20(26-17)15(2)22-10-9-21(14)28-22;/h5-10,12,16H,11,13H2,1-4H3;/q-2;+2. The molecule has 0 radical (unpaired) electrons.